The van der Waals surface area contributed by atoms with E-state index in [2.05, 4.69) is 22.9 Å². The standard InChI is InChI=1S/C14H18BrNO2/c1-9-5-7-10(8-6-9)18-14(17)11-3-2-4-12(15)13(11)16/h2-4,9-10H,5-8,16H2,1H3. The van der Waals surface area contributed by atoms with Gasteiger partial charge >= 0.3 is 5.97 Å². The highest BCUT2D eigenvalue weighted by Crippen LogP contribution is 2.28. The number of para-hydroxylation sites is 1. The van der Waals surface area contributed by atoms with Crippen LogP contribution in [-0.2, 0) is 4.74 Å². The maximum absolute atomic E-state index is 12.0. The number of anilines is 1. The molecule has 1 saturated carbocycles. The van der Waals surface area contributed by atoms with Gasteiger partial charge in [-0.1, -0.05) is 13.0 Å². The molecular weight excluding hydrogens is 294 g/mol. The lowest BCUT2D eigenvalue weighted by molar-refractivity contribution is 0.0175. The van der Waals surface area contributed by atoms with Gasteiger partial charge in [-0.2, -0.15) is 0 Å². The molecule has 0 aliphatic heterocycles. The fourth-order valence-corrected chi connectivity index (χ4v) is 2.64. The zero-order chi connectivity index (χ0) is 13.1. The van der Waals surface area contributed by atoms with Gasteiger partial charge in [0.1, 0.15) is 6.10 Å². The van der Waals surface area contributed by atoms with Crippen LogP contribution in [0.25, 0.3) is 0 Å². The fraction of sp³-hybridized carbons (Fsp3) is 0.500. The summed E-state index contributed by atoms with van der Waals surface area (Å²) >= 11 is 3.31. The van der Waals surface area contributed by atoms with Crippen LogP contribution in [0.3, 0.4) is 0 Å². The highest BCUT2D eigenvalue weighted by molar-refractivity contribution is 9.10. The second-order valence-electron chi connectivity index (χ2n) is 4.99. The second kappa shape index (κ2) is 5.74. The van der Waals surface area contributed by atoms with E-state index >= 15 is 0 Å². The van der Waals surface area contributed by atoms with Gasteiger partial charge in [-0.3, -0.25) is 0 Å². The van der Waals surface area contributed by atoms with E-state index in [-0.39, 0.29) is 12.1 Å². The molecule has 0 bridgehead atoms. The first-order valence-corrected chi connectivity index (χ1v) is 7.12. The summed E-state index contributed by atoms with van der Waals surface area (Å²) in [5.41, 5.74) is 6.76. The first-order valence-electron chi connectivity index (χ1n) is 6.33. The molecule has 1 aliphatic carbocycles. The van der Waals surface area contributed by atoms with Crippen molar-refractivity contribution in [1.82, 2.24) is 0 Å². The van der Waals surface area contributed by atoms with E-state index in [0.717, 1.165) is 36.1 Å². The smallest absolute Gasteiger partial charge is 0.340 e. The minimum absolute atomic E-state index is 0.0482. The average Bonchev–Trinajstić information content (AvgIpc) is 2.35. The van der Waals surface area contributed by atoms with Crippen molar-refractivity contribution in [2.24, 2.45) is 5.92 Å². The largest absolute Gasteiger partial charge is 0.459 e. The van der Waals surface area contributed by atoms with Gasteiger partial charge < -0.3 is 10.5 Å². The van der Waals surface area contributed by atoms with Gasteiger partial charge in [0.25, 0.3) is 0 Å². The van der Waals surface area contributed by atoms with Crippen LogP contribution in [0.15, 0.2) is 22.7 Å². The maximum atomic E-state index is 12.0. The van der Waals surface area contributed by atoms with Crippen LogP contribution >= 0.6 is 15.9 Å². The number of carbonyl (C=O) groups excluding carboxylic acids is 1. The van der Waals surface area contributed by atoms with Crippen LogP contribution < -0.4 is 5.73 Å². The molecule has 0 aromatic heterocycles. The number of hydrogen-bond donors (Lipinski definition) is 1. The molecule has 2 N–H and O–H groups in total. The van der Waals surface area contributed by atoms with Crippen LogP contribution in [0.1, 0.15) is 43.0 Å². The lowest BCUT2D eigenvalue weighted by atomic mass is 9.89. The Morgan fingerprint density at radius 2 is 2.00 bits per heavy atom. The third kappa shape index (κ3) is 3.05. The Labute approximate surface area is 116 Å². The van der Waals surface area contributed by atoms with Crippen molar-refractivity contribution in [3.05, 3.63) is 28.2 Å². The van der Waals surface area contributed by atoms with Crippen molar-refractivity contribution in [3.63, 3.8) is 0 Å². The Hall–Kier alpha value is -1.03. The van der Waals surface area contributed by atoms with Crippen molar-refractivity contribution in [2.45, 2.75) is 38.7 Å². The Bertz CT molecular complexity index is 439. The lowest BCUT2D eigenvalue weighted by Crippen LogP contribution is -2.24. The molecule has 0 heterocycles. The summed E-state index contributed by atoms with van der Waals surface area (Å²) in [6.45, 7) is 2.24. The van der Waals surface area contributed by atoms with Crippen molar-refractivity contribution in [3.8, 4) is 0 Å². The number of esters is 1. The molecule has 1 aromatic carbocycles. The van der Waals surface area contributed by atoms with E-state index in [1.54, 1.807) is 12.1 Å². The highest BCUT2D eigenvalue weighted by atomic mass is 79.9. The summed E-state index contributed by atoms with van der Waals surface area (Å²) in [7, 11) is 0. The maximum Gasteiger partial charge on any atom is 0.340 e. The van der Waals surface area contributed by atoms with E-state index < -0.39 is 0 Å². The van der Waals surface area contributed by atoms with Crippen LogP contribution in [0.5, 0.6) is 0 Å². The minimum Gasteiger partial charge on any atom is -0.459 e. The summed E-state index contributed by atoms with van der Waals surface area (Å²) < 4.78 is 6.25. The van der Waals surface area contributed by atoms with Crippen LogP contribution in [0, 0.1) is 5.92 Å². The van der Waals surface area contributed by atoms with Crippen LogP contribution in [-0.4, -0.2) is 12.1 Å². The number of ether oxygens (including phenoxy) is 1. The Balaban J connectivity index is 2.01. The van der Waals surface area contributed by atoms with Crippen molar-refractivity contribution >= 4 is 27.6 Å². The topological polar surface area (TPSA) is 52.3 Å². The van der Waals surface area contributed by atoms with Gasteiger partial charge in [0.15, 0.2) is 0 Å². The van der Waals surface area contributed by atoms with Crippen LogP contribution in [0.4, 0.5) is 5.69 Å². The number of nitrogens with two attached hydrogens (primary N) is 1. The molecule has 1 aromatic rings. The third-order valence-corrected chi connectivity index (χ3v) is 4.20. The normalized spacial score (nSPS) is 23.7. The first-order chi connectivity index (χ1) is 8.58. The monoisotopic (exact) mass is 311 g/mol. The van der Waals surface area contributed by atoms with Crippen LogP contribution in [0.2, 0.25) is 0 Å². The molecule has 98 valence electrons. The molecule has 0 atom stereocenters. The molecule has 1 aliphatic rings. The van der Waals surface area contributed by atoms with E-state index in [4.69, 9.17) is 10.5 Å². The molecule has 0 saturated heterocycles. The van der Waals surface area contributed by atoms with Gasteiger partial charge in [-0.25, -0.2) is 4.79 Å². The molecule has 0 unspecified atom stereocenters. The predicted octanol–water partition coefficient (Wildman–Crippen LogP) is 3.77. The number of benzene rings is 1. The number of rotatable bonds is 2. The van der Waals surface area contributed by atoms with E-state index in [0.29, 0.717) is 11.3 Å². The first kappa shape index (κ1) is 13.4. The summed E-state index contributed by atoms with van der Waals surface area (Å²) in [6.07, 6.45) is 4.23. The summed E-state index contributed by atoms with van der Waals surface area (Å²) in [4.78, 5) is 12.0. The van der Waals surface area contributed by atoms with Gasteiger partial charge in [0.2, 0.25) is 0 Å². The van der Waals surface area contributed by atoms with E-state index in [9.17, 15) is 4.79 Å². The zero-order valence-corrected chi connectivity index (χ0v) is 12.1. The predicted molar refractivity (Wildman–Crippen MR) is 75.4 cm³/mol. The third-order valence-electron chi connectivity index (χ3n) is 3.51. The van der Waals surface area contributed by atoms with E-state index in [1.165, 1.54) is 0 Å². The molecule has 0 spiro atoms. The minimum atomic E-state index is -0.312. The molecular formula is C14H18BrNO2. The SMILES string of the molecule is CC1CCC(OC(=O)c2cccc(Br)c2N)CC1. The zero-order valence-electron chi connectivity index (χ0n) is 10.5. The van der Waals surface area contributed by atoms with Crippen molar-refractivity contribution in [1.29, 1.82) is 0 Å². The number of carbonyl (C=O) groups is 1. The summed E-state index contributed by atoms with van der Waals surface area (Å²) in [5.74, 6) is 0.434. The molecule has 1 fully saturated rings. The van der Waals surface area contributed by atoms with Crippen molar-refractivity contribution < 1.29 is 9.53 Å². The van der Waals surface area contributed by atoms with Crippen molar-refractivity contribution in [2.75, 3.05) is 5.73 Å². The Morgan fingerprint density at radius 1 is 1.33 bits per heavy atom. The van der Waals surface area contributed by atoms with Gasteiger partial charge in [-0.15, -0.1) is 0 Å². The quantitative estimate of drug-likeness (QED) is 0.668. The van der Waals surface area contributed by atoms with E-state index in [1.807, 2.05) is 6.07 Å². The Kier molecular flexibility index (Phi) is 4.27. The number of halogens is 1. The summed E-state index contributed by atoms with van der Waals surface area (Å²) in [5, 5.41) is 0. The average molecular weight is 312 g/mol. The molecule has 2 rings (SSSR count). The Morgan fingerprint density at radius 3 is 2.67 bits per heavy atom. The number of nitrogen functional groups attached to an aromatic ring is 1. The highest BCUT2D eigenvalue weighted by Gasteiger charge is 2.23. The molecule has 3 nitrogen and oxygen atoms in total. The number of hydrogen-bond acceptors (Lipinski definition) is 3. The lowest BCUT2D eigenvalue weighted by Gasteiger charge is -2.26. The molecule has 18 heavy (non-hydrogen) atoms. The molecule has 0 radical (unpaired) electrons. The second-order valence-corrected chi connectivity index (χ2v) is 5.84. The fourth-order valence-electron chi connectivity index (χ4n) is 2.28. The summed E-state index contributed by atoms with van der Waals surface area (Å²) in [6, 6.07) is 5.31. The van der Waals surface area contributed by atoms with Gasteiger partial charge in [0, 0.05) is 4.47 Å². The van der Waals surface area contributed by atoms with Gasteiger partial charge in [-0.05, 0) is 59.7 Å². The molecule has 0 amide bonds. The van der Waals surface area contributed by atoms with Gasteiger partial charge in [0.05, 0.1) is 11.3 Å². The molecule has 4 heteroatoms.